The summed E-state index contributed by atoms with van der Waals surface area (Å²) in [5, 5.41) is 3.85. The zero-order valence-corrected chi connectivity index (χ0v) is 26.0. The van der Waals surface area contributed by atoms with Crippen molar-refractivity contribution in [1.82, 2.24) is 9.80 Å². The number of likely N-dealkylation sites (N-methyl/N-ethyl adjacent to an activating group) is 1. The molecule has 2 fully saturated rings. The van der Waals surface area contributed by atoms with Crippen molar-refractivity contribution in [3.8, 4) is 16.9 Å². The lowest BCUT2D eigenvalue weighted by atomic mass is 9.97. The minimum Gasteiger partial charge on any atom is -0.472 e. The number of esters is 1. The number of halogens is 3. The number of nitrogens with one attached hydrogen (secondary N) is 1. The number of piperazine rings is 1. The highest BCUT2D eigenvalue weighted by Crippen LogP contribution is 2.41. The number of methoxy groups -OCH3 is 1. The third-order valence-electron chi connectivity index (χ3n) is 8.31. The number of carbonyl (C=O) groups is 2. The molecule has 3 aromatic carbocycles. The second-order valence-corrected chi connectivity index (χ2v) is 12.0. The summed E-state index contributed by atoms with van der Waals surface area (Å²) in [7, 11) is 3.34. The Morgan fingerprint density at radius 2 is 1.80 bits per heavy atom. The lowest BCUT2D eigenvalue weighted by Gasteiger charge is -2.34. The van der Waals surface area contributed by atoms with Crippen LogP contribution in [0, 0.1) is 5.82 Å². The molecule has 0 saturated carbocycles. The molecule has 9 nitrogen and oxygen atoms in total. The Balaban J connectivity index is 1.26. The molecule has 0 spiro atoms. The van der Waals surface area contributed by atoms with Crippen LogP contribution in [0.1, 0.15) is 32.7 Å². The molecule has 0 radical (unpaired) electrons. The number of para-hydroxylation sites is 1. The number of rotatable bonds is 6. The number of fused-ring (bicyclic) bond motifs is 1. The summed E-state index contributed by atoms with van der Waals surface area (Å²) in [4.78, 5) is 32.1. The van der Waals surface area contributed by atoms with Crippen molar-refractivity contribution in [3.63, 3.8) is 0 Å². The second-order valence-electron chi connectivity index (χ2n) is 11.2. The minimum atomic E-state index is -0.647. The van der Waals surface area contributed by atoms with Crippen LogP contribution in [0.15, 0.2) is 42.5 Å². The van der Waals surface area contributed by atoms with Gasteiger partial charge in [-0.2, -0.15) is 0 Å². The molecule has 0 aliphatic carbocycles. The van der Waals surface area contributed by atoms with Crippen molar-refractivity contribution < 1.29 is 28.2 Å². The molecule has 3 aliphatic heterocycles. The van der Waals surface area contributed by atoms with E-state index in [2.05, 4.69) is 22.2 Å². The van der Waals surface area contributed by atoms with Crippen molar-refractivity contribution in [2.45, 2.75) is 19.0 Å². The molecule has 0 aromatic heterocycles. The Morgan fingerprint density at radius 1 is 1.05 bits per heavy atom. The molecule has 12 heteroatoms. The molecule has 1 unspecified atom stereocenters. The van der Waals surface area contributed by atoms with Crippen LogP contribution in [0.2, 0.25) is 10.0 Å². The second kappa shape index (κ2) is 12.8. The standard InChI is InChI=1S/C32H33Cl2FN4O5/c1-37-7-9-38(10-8-37)21-12-25(33)29(26(34)13-21)31(40)39-16-19-4-3-5-22(30(19)44-18-39)23-15-28(36-20-6-11-43-17-20)24(14-27(23)35)32(41)42-2/h3-5,12-15,20,36H,6-11,16-18H2,1-2H3. The fourth-order valence-corrected chi connectivity index (χ4v) is 6.47. The van der Waals surface area contributed by atoms with Crippen LogP contribution in [0.5, 0.6) is 5.75 Å². The summed E-state index contributed by atoms with van der Waals surface area (Å²) in [5.41, 5.74) is 3.07. The van der Waals surface area contributed by atoms with Gasteiger partial charge in [-0.3, -0.25) is 4.79 Å². The van der Waals surface area contributed by atoms with Crippen LogP contribution < -0.4 is 15.0 Å². The summed E-state index contributed by atoms with van der Waals surface area (Å²) < 4.78 is 32.0. The highest BCUT2D eigenvalue weighted by Gasteiger charge is 2.30. The molecule has 232 valence electrons. The van der Waals surface area contributed by atoms with Gasteiger partial charge in [-0.25, -0.2) is 9.18 Å². The van der Waals surface area contributed by atoms with Crippen molar-refractivity contribution in [2.75, 3.05) is 70.5 Å². The average Bonchev–Trinajstić information content (AvgIpc) is 3.54. The van der Waals surface area contributed by atoms with E-state index >= 15 is 4.39 Å². The van der Waals surface area contributed by atoms with E-state index in [1.54, 1.807) is 30.3 Å². The van der Waals surface area contributed by atoms with Gasteiger partial charge < -0.3 is 34.2 Å². The van der Waals surface area contributed by atoms with Crippen LogP contribution in [0.3, 0.4) is 0 Å². The van der Waals surface area contributed by atoms with Gasteiger partial charge in [-0.15, -0.1) is 0 Å². The number of carbonyl (C=O) groups excluding carboxylic acids is 2. The van der Waals surface area contributed by atoms with Crippen LogP contribution in [-0.4, -0.2) is 88.0 Å². The van der Waals surface area contributed by atoms with Gasteiger partial charge in [0.25, 0.3) is 5.91 Å². The minimum absolute atomic E-state index is 0.0218. The van der Waals surface area contributed by atoms with Gasteiger partial charge >= 0.3 is 5.97 Å². The van der Waals surface area contributed by atoms with Crippen LogP contribution in [-0.2, 0) is 16.0 Å². The number of nitrogens with zero attached hydrogens (tertiary/aromatic N) is 3. The van der Waals surface area contributed by atoms with Gasteiger partial charge in [0.1, 0.15) is 11.6 Å². The number of benzene rings is 3. The Hall–Kier alpha value is -3.57. The molecular weight excluding hydrogens is 610 g/mol. The fourth-order valence-electron chi connectivity index (χ4n) is 5.83. The number of amides is 1. The van der Waals surface area contributed by atoms with E-state index in [4.69, 9.17) is 37.4 Å². The van der Waals surface area contributed by atoms with E-state index in [0.717, 1.165) is 38.3 Å². The molecular formula is C32H33Cl2FN4O5. The molecule has 3 aliphatic rings. The summed E-state index contributed by atoms with van der Waals surface area (Å²) in [6.45, 7) is 4.74. The van der Waals surface area contributed by atoms with E-state index in [9.17, 15) is 9.59 Å². The Labute approximate surface area is 265 Å². The van der Waals surface area contributed by atoms with Crippen molar-refractivity contribution >= 4 is 46.5 Å². The first kappa shape index (κ1) is 30.5. The third kappa shape index (κ3) is 6.04. The lowest BCUT2D eigenvalue weighted by Crippen LogP contribution is -2.44. The highest BCUT2D eigenvalue weighted by molar-refractivity contribution is 6.40. The molecule has 1 atom stereocenters. The first-order valence-corrected chi connectivity index (χ1v) is 15.2. The van der Waals surface area contributed by atoms with E-state index in [1.807, 2.05) is 6.07 Å². The first-order valence-electron chi connectivity index (χ1n) is 14.5. The van der Waals surface area contributed by atoms with Gasteiger partial charge in [-0.1, -0.05) is 41.4 Å². The fraction of sp³-hybridized carbons (Fsp3) is 0.375. The largest absolute Gasteiger partial charge is 0.472 e. The number of anilines is 2. The maximum atomic E-state index is 15.6. The smallest absolute Gasteiger partial charge is 0.340 e. The molecule has 3 heterocycles. The van der Waals surface area contributed by atoms with Crippen molar-refractivity contribution in [2.24, 2.45) is 0 Å². The zero-order chi connectivity index (χ0) is 31.0. The third-order valence-corrected chi connectivity index (χ3v) is 8.91. The topological polar surface area (TPSA) is 83.6 Å². The number of hydrogen-bond donors (Lipinski definition) is 1. The highest BCUT2D eigenvalue weighted by atomic mass is 35.5. The summed E-state index contributed by atoms with van der Waals surface area (Å²) in [6.07, 6.45) is 0.758. The first-order chi connectivity index (χ1) is 21.2. The molecule has 6 rings (SSSR count). The molecule has 3 aromatic rings. The van der Waals surface area contributed by atoms with Gasteiger partial charge in [0, 0.05) is 60.9 Å². The number of hydrogen-bond acceptors (Lipinski definition) is 8. The predicted molar refractivity (Wildman–Crippen MR) is 168 cm³/mol. The Bertz CT molecular complexity index is 1570. The van der Waals surface area contributed by atoms with Gasteiger partial charge in [-0.05, 0) is 37.7 Å². The van der Waals surface area contributed by atoms with Crippen molar-refractivity contribution in [1.29, 1.82) is 0 Å². The molecule has 0 bridgehead atoms. The summed E-state index contributed by atoms with van der Waals surface area (Å²) in [6, 6.07) is 11.7. The maximum absolute atomic E-state index is 15.6. The molecule has 1 N–H and O–H groups in total. The summed E-state index contributed by atoms with van der Waals surface area (Å²) >= 11 is 13.3. The Morgan fingerprint density at radius 3 is 2.48 bits per heavy atom. The van der Waals surface area contributed by atoms with Gasteiger partial charge in [0.05, 0.1) is 47.5 Å². The SMILES string of the molecule is COC(=O)c1cc(F)c(-c2cccc3c2OCN(C(=O)c2c(Cl)cc(N4CCN(C)CC4)cc2Cl)C3)cc1NC1CCOC1. The molecule has 44 heavy (non-hydrogen) atoms. The van der Waals surface area contributed by atoms with Crippen molar-refractivity contribution in [3.05, 3.63) is 75.0 Å². The normalized spacial score (nSPS) is 18.5. The quantitative estimate of drug-likeness (QED) is 0.352. The van der Waals surface area contributed by atoms with Gasteiger partial charge in [0.2, 0.25) is 0 Å². The zero-order valence-electron chi connectivity index (χ0n) is 24.5. The number of ether oxygens (including phenoxy) is 3. The Kier molecular flexibility index (Phi) is 8.87. The van der Waals surface area contributed by atoms with Gasteiger partial charge in [0.15, 0.2) is 6.73 Å². The monoisotopic (exact) mass is 642 g/mol. The van der Waals surface area contributed by atoms with Crippen LogP contribution >= 0.6 is 23.2 Å². The average molecular weight is 644 g/mol. The summed E-state index contributed by atoms with van der Waals surface area (Å²) in [5.74, 6) is -1.15. The van der Waals surface area contributed by atoms with E-state index in [0.29, 0.717) is 35.8 Å². The van der Waals surface area contributed by atoms with E-state index < -0.39 is 11.8 Å². The molecule has 1 amide bonds. The van der Waals surface area contributed by atoms with E-state index in [-0.39, 0.29) is 52.0 Å². The lowest BCUT2D eigenvalue weighted by molar-refractivity contribution is 0.0515. The molecule has 2 saturated heterocycles. The van der Waals surface area contributed by atoms with Crippen LogP contribution in [0.25, 0.3) is 11.1 Å². The van der Waals surface area contributed by atoms with E-state index in [1.165, 1.54) is 18.1 Å². The van der Waals surface area contributed by atoms with Crippen LogP contribution in [0.4, 0.5) is 15.8 Å². The maximum Gasteiger partial charge on any atom is 0.340 e. The predicted octanol–water partition coefficient (Wildman–Crippen LogP) is 5.53.